The molecule has 1 aromatic rings. The number of benzene rings is 1. The number of carbonyl (C=O) groups excluding carboxylic acids is 1. The number of amides is 1. The normalized spacial score (nSPS) is 18.4. The zero-order valence-electron chi connectivity index (χ0n) is 13.6. The number of hydrogen-bond donors (Lipinski definition) is 0. The Morgan fingerprint density at radius 2 is 2.00 bits per heavy atom. The van der Waals surface area contributed by atoms with Crippen LogP contribution < -0.4 is 4.90 Å². The first-order chi connectivity index (χ1) is 10.3. The van der Waals surface area contributed by atoms with Gasteiger partial charge in [-0.1, -0.05) is 39.0 Å². The highest BCUT2D eigenvalue weighted by Gasteiger charge is 2.27. The Bertz CT molecular complexity index is 637. The molecule has 0 N–H and O–H groups in total. The Morgan fingerprint density at radius 1 is 1.32 bits per heavy atom. The third kappa shape index (κ3) is 4.09. The van der Waals surface area contributed by atoms with E-state index in [1.165, 1.54) is 5.56 Å². The molecule has 1 amide bonds. The van der Waals surface area contributed by atoms with Gasteiger partial charge in [0.15, 0.2) is 9.84 Å². The molecule has 1 aliphatic rings. The van der Waals surface area contributed by atoms with Crippen molar-refractivity contribution in [2.75, 3.05) is 23.0 Å². The van der Waals surface area contributed by atoms with Crippen molar-refractivity contribution in [2.24, 2.45) is 5.92 Å². The van der Waals surface area contributed by atoms with Gasteiger partial charge in [0.1, 0.15) is 0 Å². The Morgan fingerprint density at radius 3 is 2.68 bits per heavy atom. The molecule has 1 atom stereocenters. The molecule has 0 spiro atoms. The lowest BCUT2D eigenvalue weighted by Gasteiger charge is -2.33. The van der Waals surface area contributed by atoms with Crippen LogP contribution in [-0.2, 0) is 14.6 Å². The highest BCUT2D eigenvalue weighted by molar-refractivity contribution is 7.91. The van der Waals surface area contributed by atoms with Crippen LogP contribution in [-0.4, -0.2) is 32.4 Å². The molecule has 1 aromatic carbocycles. The van der Waals surface area contributed by atoms with Crippen molar-refractivity contribution < 1.29 is 13.2 Å². The fourth-order valence-corrected chi connectivity index (χ4v) is 4.64. The maximum Gasteiger partial charge on any atom is 0.228 e. The predicted molar refractivity (Wildman–Crippen MR) is 89.9 cm³/mol. The average molecular weight is 323 g/mol. The van der Waals surface area contributed by atoms with Crippen molar-refractivity contribution in [3.63, 3.8) is 0 Å². The summed E-state index contributed by atoms with van der Waals surface area (Å²) in [5.41, 5.74) is 2.11. The van der Waals surface area contributed by atoms with Crippen LogP contribution in [0.2, 0.25) is 0 Å². The third-order valence-electron chi connectivity index (χ3n) is 4.06. The molecule has 1 aliphatic heterocycles. The smallest absolute Gasteiger partial charge is 0.228 e. The van der Waals surface area contributed by atoms with Gasteiger partial charge in [0, 0.05) is 18.7 Å². The van der Waals surface area contributed by atoms with Gasteiger partial charge in [0.2, 0.25) is 5.91 Å². The largest absolute Gasteiger partial charge is 0.312 e. The van der Waals surface area contributed by atoms with Crippen LogP contribution in [0.15, 0.2) is 24.3 Å². The van der Waals surface area contributed by atoms with Gasteiger partial charge in [-0.25, -0.2) is 8.42 Å². The number of rotatable bonds is 5. The van der Waals surface area contributed by atoms with Crippen LogP contribution in [0.25, 0.3) is 0 Å². The van der Waals surface area contributed by atoms with Crippen LogP contribution in [0.4, 0.5) is 5.69 Å². The molecule has 122 valence electrons. The van der Waals surface area contributed by atoms with Crippen molar-refractivity contribution in [1.29, 1.82) is 0 Å². The van der Waals surface area contributed by atoms with Gasteiger partial charge in [0.05, 0.1) is 11.5 Å². The number of nitrogens with zero attached hydrogens (tertiary/aromatic N) is 1. The zero-order chi connectivity index (χ0) is 16.3. The number of fused-ring (bicyclic) bond motifs is 1. The zero-order valence-corrected chi connectivity index (χ0v) is 14.4. The van der Waals surface area contributed by atoms with Crippen molar-refractivity contribution in [3.05, 3.63) is 29.8 Å². The molecule has 22 heavy (non-hydrogen) atoms. The van der Waals surface area contributed by atoms with Crippen molar-refractivity contribution in [3.8, 4) is 0 Å². The van der Waals surface area contributed by atoms with Gasteiger partial charge < -0.3 is 4.90 Å². The number of anilines is 1. The summed E-state index contributed by atoms with van der Waals surface area (Å²) in [6, 6.07) is 7.91. The van der Waals surface area contributed by atoms with E-state index in [0.717, 1.165) is 12.1 Å². The molecular formula is C17H25NO3S. The Hall–Kier alpha value is -1.36. The standard InChI is InChI=1S/C17H25NO3S/c1-13(2)12-22(20,21)11-9-17(19)18-10-8-14(3)15-6-4-5-7-16(15)18/h4-7,13-14H,8-12H2,1-3H3/t14-/m1/s1. The lowest BCUT2D eigenvalue weighted by molar-refractivity contribution is -0.118. The Kier molecular flexibility index (Phi) is 5.27. The summed E-state index contributed by atoms with van der Waals surface area (Å²) in [5.74, 6) is 0.528. The van der Waals surface area contributed by atoms with Crippen molar-refractivity contribution >= 4 is 21.4 Å². The molecule has 0 aliphatic carbocycles. The van der Waals surface area contributed by atoms with E-state index < -0.39 is 9.84 Å². The van der Waals surface area contributed by atoms with Crippen LogP contribution in [0.5, 0.6) is 0 Å². The van der Waals surface area contributed by atoms with Gasteiger partial charge in [0.25, 0.3) is 0 Å². The lowest BCUT2D eigenvalue weighted by atomic mass is 9.91. The molecule has 0 saturated carbocycles. The maximum absolute atomic E-state index is 12.5. The number of hydrogen-bond acceptors (Lipinski definition) is 3. The highest BCUT2D eigenvalue weighted by atomic mass is 32.2. The minimum Gasteiger partial charge on any atom is -0.312 e. The monoisotopic (exact) mass is 323 g/mol. The van der Waals surface area contributed by atoms with Crippen LogP contribution in [0.1, 0.15) is 45.1 Å². The molecular weight excluding hydrogens is 298 g/mol. The van der Waals surface area contributed by atoms with Crippen molar-refractivity contribution in [2.45, 2.75) is 39.5 Å². The minimum absolute atomic E-state index is 0.0573. The second-order valence-corrected chi connectivity index (χ2v) is 8.78. The molecule has 5 heteroatoms. The summed E-state index contributed by atoms with van der Waals surface area (Å²) in [4.78, 5) is 14.2. The second kappa shape index (κ2) is 6.82. The third-order valence-corrected chi connectivity index (χ3v) is 6.06. The molecule has 0 aromatic heterocycles. The topological polar surface area (TPSA) is 54.5 Å². The summed E-state index contributed by atoms with van der Waals surface area (Å²) in [6.07, 6.45) is 0.985. The van der Waals surface area contributed by atoms with Gasteiger partial charge in [-0.2, -0.15) is 0 Å². The summed E-state index contributed by atoms with van der Waals surface area (Å²) in [6.45, 7) is 6.58. The van der Waals surface area contributed by atoms with E-state index in [4.69, 9.17) is 0 Å². The summed E-state index contributed by atoms with van der Waals surface area (Å²) >= 11 is 0. The summed E-state index contributed by atoms with van der Waals surface area (Å²) < 4.78 is 23.9. The van der Waals surface area contributed by atoms with E-state index in [2.05, 4.69) is 13.0 Å². The predicted octanol–water partition coefficient (Wildman–Crippen LogP) is 2.99. The number of sulfone groups is 1. The molecule has 1 heterocycles. The highest BCUT2D eigenvalue weighted by Crippen LogP contribution is 2.34. The molecule has 0 saturated heterocycles. The molecule has 0 bridgehead atoms. The molecule has 0 fully saturated rings. The van der Waals surface area contributed by atoms with E-state index >= 15 is 0 Å². The van der Waals surface area contributed by atoms with Crippen LogP contribution in [0.3, 0.4) is 0 Å². The summed E-state index contributed by atoms with van der Waals surface area (Å²) in [7, 11) is -3.15. The molecule has 4 nitrogen and oxygen atoms in total. The van der Waals surface area contributed by atoms with Crippen LogP contribution >= 0.6 is 0 Å². The fourth-order valence-electron chi connectivity index (χ4n) is 2.98. The van der Waals surface area contributed by atoms with E-state index in [-0.39, 0.29) is 29.8 Å². The van der Waals surface area contributed by atoms with E-state index in [9.17, 15) is 13.2 Å². The quantitative estimate of drug-likeness (QED) is 0.837. The van der Waals surface area contributed by atoms with E-state index in [1.807, 2.05) is 32.0 Å². The molecule has 0 unspecified atom stereocenters. The van der Waals surface area contributed by atoms with Gasteiger partial charge in [-0.05, 0) is 29.9 Å². The van der Waals surface area contributed by atoms with Gasteiger partial charge in [-0.15, -0.1) is 0 Å². The average Bonchev–Trinajstić information content (AvgIpc) is 2.44. The van der Waals surface area contributed by atoms with Gasteiger partial charge >= 0.3 is 0 Å². The number of para-hydroxylation sites is 1. The summed E-state index contributed by atoms with van der Waals surface area (Å²) in [5, 5.41) is 0. The van der Waals surface area contributed by atoms with E-state index in [1.54, 1.807) is 4.90 Å². The fraction of sp³-hybridized carbons (Fsp3) is 0.588. The number of carbonyl (C=O) groups is 1. The maximum atomic E-state index is 12.5. The molecule has 2 rings (SSSR count). The molecule has 0 radical (unpaired) electrons. The van der Waals surface area contributed by atoms with E-state index in [0.29, 0.717) is 12.5 Å². The van der Waals surface area contributed by atoms with Crippen LogP contribution in [0, 0.1) is 5.92 Å². The SMILES string of the molecule is CC(C)CS(=O)(=O)CCC(=O)N1CC[C@@H](C)c2ccccc21. The second-order valence-electron chi connectivity index (χ2n) is 6.55. The first-order valence-corrected chi connectivity index (χ1v) is 9.72. The van der Waals surface area contributed by atoms with Gasteiger partial charge in [-0.3, -0.25) is 4.79 Å². The first kappa shape index (κ1) is 17.0. The minimum atomic E-state index is -3.15. The lowest BCUT2D eigenvalue weighted by Crippen LogP contribution is -2.37. The Balaban J connectivity index is 2.07. The first-order valence-electron chi connectivity index (χ1n) is 7.90. The van der Waals surface area contributed by atoms with Crippen molar-refractivity contribution in [1.82, 2.24) is 0 Å². The Labute approximate surface area is 133 Å².